The summed E-state index contributed by atoms with van der Waals surface area (Å²) in [5.74, 6) is -0.0788. The van der Waals surface area contributed by atoms with Crippen molar-refractivity contribution in [3.8, 4) is 45.5 Å². The van der Waals surface area contributed by atoms with E-state index in [0.717, 1.165) is 42.4 Å². The predicted molar refractivity (Wildman–Crippen MR) is 344 cm³/mol. The van der Waals surface area contributed by atoms with E-state index in [0.29, 0.717) is 51.8 Å². The molecule has 3 atom stereocenters. The van der Waals surface area contributed by atoms with Crippen molar-refractivity contribution >= 4 is 115 Å². The van der Waals surface area contributed by atoms with Crippen molar-refractivity contribution in [2.45, 2.75) is 50.2 Å². The van der Waals surface area contributed by atoms with Gasteiger partial charge in [-0.1, -0.05) is 182 Å². The van der Waals surface area contributed by atoms with Gasteiger partial charge in [0.1, 0.15) is 3.53 Å². The maximum atomic E-state index is 14.6. The third-order valence-electron chi connectivity index (χ3n) is 16.5. The first-order valence-electron chi connectivity index (χ1n) is 27.0. The molecule has 0 saturated carbocycles. The fraction of sp³-hybridized carbons (Fsp3) is 0.169. The Balaban J connectivity index is 0.914. The lowest BCUT2D eigenvalue weighted by Gasteiger charge is -2.30. The van der Waals surface area contributed by atoms with Crippen molar-refractivity contribution in [1.82, 2.24) is 9.13 Å². The predicted octanol–water partition coefficient (Wildman–Crippen LogP) is 18.0. The van der Waals surface area contributed by atoms with E-state index in [1.807, 2.05) is 91.9 Å². The Labute approximate surface area is 478 Å². The topological polar surface area (TPSA) is 91.6 Å². The molecular formula is C71H56N4O2S3. The molecule has 390 valence electrons. The van der Waals surface area contributed by atoms with Gasteiger partial charge in [0.15, 0.2) is 10.9 Å². The molecule has 0 fully saturated rings. The highest BCUT2D eigenvalue weighted by molar-refractivity contribution is 8.47. The van der Waals surface area contributed by atoms with Crippen molar-refractivity contribution < 1.29 is 0 Å². The molecule has 0 aliphatic heterocycles. The van der Waals surface area contributed by atoms with Crippen LogP contribution in [0.5, 0.6) is 0 Å². The Morgan fingerprint density at radius 3 is 1.60 bits per heavy atom. The van der Waals surface area contributed by atoms with Crippen LogP contribution in [0.2, 0.25) is 0 Å². The van der Waals surface area contributed by atoms with Crippen LogP contribution in [-0.2, 0) is 14.1 Å². The van der Waals surface area contributed by atoms with Gasteiger partial charge in [-0.15, -0.1) is 11.8 Å². The summed E-state index contributed by atoms with van der Waals surface area (Å²) in [6.45, 7) is 4.01. The number of benzene rings is 10. The lowest BCUT2D eigenvalue weighted by Crippen LogP contribution is -2.18. The van der Waals surface area contributed by atoms with Crippen LogP contribution in [0.25, 0.3) is 109 Å². The number of nitriles is 2. The molecular weight excluding hydrogens is 1040 g/mol. The van der Waals surface area contributed by atoms with E-state index in [-0.39, 0.29) is 27.9 Å². The molecule has 0 radical (unpaired) electrons. The zero-order valence-electron chi connectivity index (χ0n) is 45.2. The minimum Gasteiger partial charge on any atom is -0.343 e. The molecule has 9 heteroatoms. The Hall–Kier alpha value is -8.31. The molecule has 0 N–H and O–H groups in total. The molecule has 0 bridgehead atoms. The lowest BCUT2D eigenvalue weighted by molar-refractivity contribution is 0.367. The molecule has 12 rings (SSSR count). The summed E-state index contributed by atoms with van der Waals surface area (Å²) >= 11 is 8.65. The fourth-order valence-corrected chi connectivity index (χ4v) is 14.2. The van der Waals surface area contributed by atoms with Gasteiger partial charge in [0.2, 0.25) is 0 Å². The molecule has 0 aliphatic carbocycles. The van der Waals surface area contributed by atoms with E-state index in [4.69, 9.17) is 12.2 Å². The van der Waals surface area contributed by atoms with E-state index < -0.39 is 5.41 Å². The molecule has 2 aromatic heterocycles. The Morgan fingerprint density at radius 1 is 0.512 bits per heavy atom. The van der Waals surface area contributed by atoms with Gasteiger partial charge >= 0.3 is 0 Å². The fourth-order valence-electron chi connectivity index (χ4n) is 12.5. The second-order valence-electron chi connectivity index (χ2n) is 21.8. The van der Waals surface area contributed by atoms with Crippen molar-refractivity contribution in [1.29, 1.82) is 10.5 Å². The van der Waals surface area contributed by atoms with Crippen LogP contribution >= 0.6 is 35.7 Å². The van der Waals surface area contributed by atoms with Crippen LogP contribution in [-0.4, -0.2) is 24.2 Å². The number of nitrogens with zero attached hydrogens (tertiary/aromatic N) is 4. The number of pyridine rings is 2. The summed E-state index contributed by atoms with van der Waals surface area (Å²) in [4.78, 5) is 28.3. The smallest absolute Gasteiger partial charge is 0.197 e. The number of hydrogen-bond donors (Lipinski definition) is 0. The Bertz CT molecular complexity index is 4640. The Morgan fingerprint density at radius 2 is 1.00 bits per heavy atom. The van der Waals surface area contributed by atoms with Crippen LogP contribution in [0, 0.1) is 28.1 Å². The van der Waals surface area contributed by atoms with Gasteiger partial charge in [0.25, 0.3) is 0 Å². The Kier molecular flexibility index (Phi) is 14.0. The highest BCUT2D eigenvalue weighted by Crippen LogP contribution is 2.47. The van der Waals surface area contributed by atoms with Crippen LogP contribution < -0.4 is 10.9 Å². The number of para-hydroxylation sites is 1. The second-order valence-corrected chi connectivity index (χ2v) is 25.0. The van der Waals surface area contributed by atoms with E-state index in [9.17, 15) is 20.1 Å². The van der Waals surface area contributed by atoms with Crippen LogP contribution in [0.15, 0.2) is 204 Å². The normalized spacial score (nSPS) is 13.0. The zero-order chi connectivity index (χ0) is 55.4. The van der Waals surface area contributed by atoms with Gasteiger partial charge in [-0.25, -0.2) is 0 Å². The minimum absolute atomic E-state index is 0.0344. The van der Waals surface area contributed by atoms with Crippen LogP contribution in [0.3, 0.4) is 0 Å². The first kappa shape index (κ1) is 52.4. The number of fused-ring (bicyclic) bond motifs is 7. The summed E-state index contributed by atoms with van der Waals surface area (Å²) in [5, 5.41) is 30.4. The van der Waals surface area contributed by atoms with Crippen molar-refractivity contribution in [2.24, 2.45) is 19.5 Å². The van der Waals surface area contributed by atoms with Gasteiger partial charge in [-0.05, 0) is 164 Å². The van der Waals surface area contributed by atoms with Crippen LogP contribution in [0.1, 0.15) is 56.1 Å². The first-order valence-corrected chi connectivity index (χ1v) is 29.5. The van der Waals surface area contributed by atoms with Crippen molar-refractivity contribution in [3.05, 3.63) is 226 Å². The largest absolute Gasteiger partial charge is 0.343 e. The quantitative estimate of drug-likeness (QED) is 0.0889. The summed E-state index contributed by atoms with van der Waals surface area (Å²) in [6.07, 6.45) is 3.85. The third kappa shape index (κ3) is 9.43. The van der Waals surface area contributed by atoms with Gasteiger partial charge in [-0.2, -0.15) is 10.5 Å². The molecule has 2 heterocycles. The molecule has 12 aromatic rings. The molecule has 0 amide bonds. The second kappa shape index (κ2) is 21.4. The van der Waals surface area contributed by atoms with Gasteiger partial charge in [0.05, 0.1) is 44.9 Å². The first-order chi connectivity index (χ1) is 38.8. The maximum Gasteiger partial charge on any atom is 0.197 e. The van der Waals surface area contributed by atoms with E-state index >= 15 is 0 Å². The van der Waals surface area contributed by atoms with Gasteiger partial charge in [0, 0.05) is 35.6 Å². The van der Waals surface area contributed by atoms with Crippen molar-refractivity contribution in [2.75, 3.05) is 6.26 Å². The minimum atomic E-state index is -0.631. The summed E-state index contributed by atoms with van der Waals surface area (Å²) in [7, 11) is 3.89. The highest BCUT2D eigenvalue weighted by Gasteiger charge is 2.30. The molecule has 10 aromatic carbocycles. The van der Waals surface area contributed by atoms with E-state index in [1.165, 1.54) is 72.5 Å². The number of thiocarbonyl (C=S) groups is 1. The number of hydrogen-bond acceptors (Lipinski definition) is 7. The molecule has 0 saturated heterocycles. The van der Waals surface area contributed by atoms with Crippen LogP contribution in [0.4, 0.5) is 0 Å². The maximum absolute atomic E-state index is 14.6. The monoisotopic (exact) mass is 1090 g/mol. The van der Waals surface area contributed by atoms with E-state index in [2.05, 4.69) is 158 Å². The highest BCUT2D eigenvalue weighted by atomic mass is 32.2. The number of rotatable bonds is 12. The average molecular weight is 1090 g/mol. The van der Waals surface area contributed by atoms with Gasteiger partial charge < -0.3 is 9.13 Å². The summed E-state index contributed by atoms with van der Waals surface area (Å²) in [6, 6.07) is 72.9. The average Bonchev–Trinajstić information content (AvgIpc) is 3.55. The third-order valence-corrected chi connectivity index (χ3v) is 19.2. The number of aryl methyl sites for hydroxylation is 2. The molecule has 0 aliphatic rings. The summed E-state index contributed by atoms with van der Waals surface area (Å²) < 4.78 is 4.74. The zero-order valence-corrected chi connectivity index (χ0v) is 47.6. The molecule has 0 spiro atoms. The molecule has 3 unspecified atom stereocenters. The summed E-state index contributed by atoms with van der Waals surface area (Å²) in [5.41, 5.74) is 11.1. The molecule has 6 nitrogen and oxygen atoms in total. The SMILES string of the molecule is CSC(=S)SC(C#N)CC(CC(CC(C)(C)C#N)c1ccc(-c2ccc3c(c2)c(=O)c2cc4c(cc2n3C)c(=O)c2ccccc2n4C)cc1)c1ccc(-c2c3ccccc3c(-c3cccc4ccccc34)c3ccccc23)cc1. The molecule has 80 heavy (non-hydrogen) atoms. The lowest BCUT2D eigenvalue weighted by atomic mass is 9.74. The van der Waals surface area contributed by atoms with Crippen molar-refractivity contribution in [3.63, 3.8) is 0 Å². The number of aromatic nitrogens is 2. The number of thioether (sulfide) groups is 2. The van der Waals surface area contributed by atoms with Gasteiger partial charge in [-0.3, -0.25) is 9.59 Å². The van der Waals surface area contributed by atoms with E-state index in [1.54, 1.807) is 0 Å². The standard InChI is InChI=1S/C71H56N4O2S3/c1-71(2,42-73)40-50(45-27-25-43(26-28-45)48-33-34-63-59(37-48)69(77)61-39-64-60(38-65(61)75(63)4)68(76)58-22-12-13-24-62(58)74(64)3)35-49(36-51(41-72)80-70(78)79-5)44-29-31-47(32-30-44)66-54-18-8-10-20-56(54)67(57-21-11-9-19-55(57)66)53-23-14-16-46-15-6-7-17-52(46)53/h6-34,37-39,49-51H,35-36,40H2,1-5H3.